The number of fused-ring (bicyclic) bond motifs is 1. The Kier molecular flexibility index (Phi) is 2.07. The zero-order chi connectivity index (χ0) is 10.3. The van der Waals surface area contributed by atoms with E-state index in [0.29, 0.717) is 5.56 Å². The minimum Gasteiger partial charge on any atom is -0.478 e. The number of carboxylic acids is 1. The number of hydrogen-bond acceptors (Lipinski definition) is 1. The molecule has 1 aromatic heterocycles. The standard InChI is InChI=1S/C10H8BrNO2/c1-5-4-12-8-3-6(11)2-7(9(5)8)10(13)14/h2-4,12H,1H3,(H,13,14). The molecule has 72 valence electrons. The third-order valence-corrected chi connectivity index (χ3v) is 2.63. The summed E-state index contributed by atoms with van der Waals surface area (Å²) in [6.07, 6.45) is 1.81. The number of aromatic amines is 1. The van der Waals surface area contributed by atoms with Crippen LogP contribution in [0.4, 0.5) is 0 Å². The fourth-order valence-electron chi connectivity index (χ4n) is 1.57. The number of H-pyrrole nitrogens is 1. The zero-order valence-electron chi connectivity index (χ0n) is 7.47. The van der Waals surface area contributed by atoms with Gasteiger partial charge >= 0.3 is 5.97 Å². The second-order valence-electron chi connectivity index (χ2n) is 3.15. The van der Waals surface area contributed by atoms with E-state index in [9.17, 15) is 4.79 Å². The van der Waals surface area contributed by atoms with Crippen LogP contribution in [0, 0.1) is 6.92 Å². The molecule has 2 aromatic rings. The van der Waals surface area contributed by atoms with Gasteiger partial charge in [-0.3, -0.25) is 0 Å². The van der Waals surface area contributed by atoms with Crippen molar-refractivity contribution in [3.05, 3.63) is 33.9 Å². The van der Waals surface area contributed by atoms with Crippen molar-refractivity contribution in [2.45, 2.75) is 6.92 Å². The van der Waals surface area contributed by atoms with Crippen LogP contribution in [0.5, 0.6) is 0 Å². The zero-order valence-corrected chi connectivity index (χ0v) is 9.05. The van der Waals surface area contributed by atoms with Crippen LogP contribution in [0.2, 0.25) is 0 Å². The van der Waals surface area contributed by atoms with E-state index < -0.39 is 5.97 Å². The normalized spacial score (nSPS) is 10.7. The Balaban J connectivity index is 2.90. The van der Waals surface area contributed by atoms with Crippen LogP contribution in [0.3, 0.4) is 0 Å². The molecule has 0 atom stereocenters. The van der Waals surface area contributed by atoms with E-state index in [0.717, 1.165) is 20.9 Å². The summed E-state index contributed by atoms with van der Waals surface area (Å²) in [5.41, 5.74) is 2.12. The van der Waals surface area contributed by atoms with Crippen molar-refractivity contribution < 1.29 is 9.90 Å². The van der Waals surface area contributed by atoms with Crippen LogP contribution in [-0.2, 0) is 0 Å². The molecule has 0 unspecified atom stereocenters. The van der Waals surface area contributed by atoms with Crippen LogP contribution in [0.1, 0.15) is 15.9 Å². The number of halogens is 1. The molecule has 1 aromatic carbocycles. The van der Waals surface area contributed by atoms with Gasteiger partial charge in [0, 0.05) is 21.6 Å². The van der Waals surface area contributed by atoms with Crippen molar-refractivity contribution in [1.29, 1.82) is 0 Å². The quantitative estimate of drug-likeness (QED) is 0.821. The monoisotopic (exact) mass is 253 g/mol. The Morgan fingerprint density at radius 3 is 2.86 bits per heavy atom. The van der Waals surface area contributed by atoms with Crippen LogP contribution >= 0.6 is 15.9 Å². The number of carboxylic acid groups (broad SMARTS) is 1. The number of aryl methyl sites for hydroxylation is 1. The number of hydrogen-bond donors (Lipinski definition) is 2. The summed E-state index contributed by atoms with van der Waals surface area (Å²) < 4.78 is 0.768. The number of carbonyl (C=O) groups is 1. The highest BCUT2D eigenvalue weighted by atomic mass is 79.9. The lowest BCUT2D eigenvalue weighted by Crippen LogP contribution is -1.97. The molecule has 2 rings (SSSR count). The van der Waals surface area contributed by atoms with Gasteiger partial charge in [0.2, 0.25) is 0 Å². The minimum absolute atomic E-state index is 0.327. The fraction of sp³-hybridized carbons (Fsp3) is 0.100. The van der Waals surface area contributed by atoms with Crippen LogP contribution in [-0.4, -0.2) is 16.1 Å². The summed E-state index contributed by atoms with van der Waals surface area (Å²) in [7, 11) is 0. The first-order valence-electron chi connectivity index (χ1n) is 4.10. The van der Waals surface area contributed by atoms with E-state index in [1.165, 1.54) is 0 Å². The van der Waals surface area contributed by atoms with E-state index in [1.807, 2.05) is 19.2 Å². The van der Waals surface area contributed by atoms with Crippen molar-refractivity contribution >= 4 is 32.8 Å². The van der Waals surface area contributed by atoms with Crippen LogP contribution in [0.25, 0.3) is 10.9 Å². The topological polar surface area (TPSA) is 53.1 Å². The Morgan fingerprint density at radius 1 is 1.50 bits per heavy atom. The van der Waals surface area contributed by atoms with Crippen LogP contribution < -0.4 is 0 Å². The molecule has 3 nitrogen and oxygen atoms in total. The molecule has 4 heteroatoms. The smallest absolute Gasteiger partial charge is 0.336 e. The van der Waals surface area contributed by atoms with Gasteiger partial charge in [-0.15, -0.1) is 0 Å². The second kappa shape index (κ2) is 3.13. The average Bonchev–Trinajstić information content (AvgIpc) is 2.46. The lowest BCUT2D eigenvalue weighted by molar-refractivity contribution is 0.0699. The maximum absolute atomic E-state index is 11.0. The highest BCUT2D eigenvalue weighted by Crippen LogP contribution is 2.26. The van der Waals surface area contributed by atoms with Crippen molar-refractivity contribution in [1.82, 2.24) is 4.98 Å². The number of benzene rings is 1. The van der Waals surface area contributed by atoms with Gasteiger partial charge in [0.25, 0.3) is 0 Å². The van der Waals surface area contributed by atoms with Crippen molar-refractivity contribution in [2.75, 3.05) is 0 Å². The Bertz CT molecular complexity index is 516. The Hall–Kier alpha value is -1.29. The molecule has 0 aliphatic carbocycles. The van der Waals surface area contributed by atoms with Gasteiger partial charge in [0.05, 0.1) is 5.56 Å². The van der Waals surface area contributed by atoms with Crippen molar-refractivity contribution in [2.24, 2.45) is 0 Å². The molecule has 0 fully saturated rings. The average molecular weight is 254 g/mol. The molecule has 0 aliphatic heterocycles. The Labute approximate surface area is 88.9 Å². The molecule has 0 amide bonds. The predicted octanol–water partition coefficient (Wildman–Crippen LogP) is 2.94. The van der Waals surface area contributed by atoms with E-state index in [1.54, 1.807) is 6.07 Å². The summed E-state index contributed by atoms with van der Waals surface area (Å²) in [6, 6.07) is 3.49. The number of rotatable bonds is 1. The van der Waals surface area contributed by atoms with Gasteiger partial charge in [-0.25, -0.2) is 4.79 Å². The summed E-state index contributed by atoms with van der Waals surface area (Å²) in [4.78, 5) is 14.0. The van der Waals surface area contributed by atoms with Gasteiger partial charge in [0.1, 0.15) is 0 Å². The molecule has 2 N–H and O–H groups in total. The molecule has 0 saturated carbocycles. The highest BCUT2D eigenvalue weighted by molar-refractivity contribution is 9.10. The maximum Gasteiger partial charge on any atom is 0.336 e. The van der Waals surface area contributed by atoms with Gasteiger partial charge < -0.3 is 10.1 Å². The predicted molar refractivity (Wildman–Crippen MR) is 57.7 cm³/mol. The second-order valence-corrected chi connectivity index (χ2v) is 4.07. The molecule has 0 radical (unpaired) electrons. The van der Waals surface area contributed by atoms with E-state index in [-0.39, 0.29) is 0 Å². The van der Waals surface area contributed by atoms with Gasteiger partial charge in [-0.1, -0.05) is 15.9 Å². The maximum atomic E-state index is 11.0. The highest BCUT2D eigenvalue weighted by Gasteiger charge is 2.12. The van der Waals surface area contributed by atoms with Gasteiger partial charge in [0.15, 0.2) is 0 Å². The summed E-state index contributed by atoms with van der Waals surface area (Å²) in [5, 5.41) is 9.79. The first-order chi connectivity index (χ1) is 6.59. The molecule has 14 heavy (non-hydrogen) atoms. The first kappa shape index (κ1) is 9.27. The molecular formula is C10H8BrNO2. The van der Waals surface area contributed by atoms with Gasteiger partial charge in [-0.05, 0) is 24.6 Å². The van der Waals surface area contributed by atoms with E-state index >= 15 is 0 Å². The SMILES string of the molecule is Cc1c[nH]c2cc(Br)cc(C(=O)O)c12. The molecule has 0 saturated heterocycles. The summed E-state index contributed by atoms with van der Waals surface area (Å²) >= 11 is 3.28. The largest absolute Gasteiger partial charge is 0.478 e. The fourth-order valence-corrected chi connectivity index (χ4v) is 2.03. The van der Waals surface area contributed by atoms with E-state index in [4.69, 9.17) is 5.11 Å². The summed E-state index contributed by atoms with van der Waals surface area (Å²) in [6.45, 7) is 1.89. The summed E-state index contributed by atoms with van der Waals surface area (Å²) in [5.74, 6) is -0.904. The molecular weight excluding hydrogens is 246 g/mol. The van der Waals surface area contributed by atoms with Crippen LogP contribution in [0.15, 0.2) is 22.8 Å². The third kappa shape index (κ3) is 1.32. The van der Waals surface area contributed by atoms with Crippen molar-refractivity contribution in [3.63, 3.8) is 0 Å². The molecule has 0 aliphatic rings. The Morgan fingerprint density at radius 2 is 2.21 bits per heavy atom. The molecule has 0 spiro atoms. The lowest BCUT2D eigenvalue weighted by Gasteiger charge is -2.00. The molecule has 0 bridgehead atoms. The first-order valence-corrected chi connectivity index (χ1v) is 4.89. The van der Waals surface area contributed by atoms with Crippen molar-refractivity contribution in [3.8, 4) is 0 Å². The minimum atomic E-state index is -0.904. The third-order valence-electron chi connectivity index (χ3n) is 2.17. The number of aromatic carboxylic acids is 1. The lowest BCUT2D eigenvalue weighted by atomic mass is 10.1. The van der Waals surface area contributed by atoms with Gasteiger partial charge in [-0.2, -0.15) is 0 Å². The number of nitrogens with one attached hydrogen (secondary N) is 1. The molecule has 1 heterocycles. The van der Waals surface area contributed by atoms with E-state index in [2.05, 4.69) is 20.9 Å². The number of aromatic nitrogens is 1.